The molecule has 0 bridgehead atoms. The minimum atomic E-state index is -1.16. The summed E-state index contributed by atoms with van der Waals surface area (Å²) in [5.74, 6) is -2.50. The van der Waals surface area contributed by atoms with Gasteiger partial charge in [-0.1, -0.05) is 13.8 Å². The Morgan fingerprint density at radius 2 is 1.64 bits per heavy atom. The van der Waals surface area contributed by atoms with E-state index in [1.54, 1.807) is 0 Å². The molecule has 0 rings (SSSR count). The number of hydrogen-bond donors (Lipinski definition) is 5. The number of nitrogens with one attached hydrogen (secondary N) is 2. The maximum absolute atomic E-state index is 12.4. The number of thioether (sulfide) groups is 1. The molecular formula is C15H28N4O5S. The van der Waals surface area contributed by atoms with Crippen molar-refractivity contribution in [2.24, 2.45) is 17.4 Å². The monoisotopic (exact) mass is 376 g/mol. The number of carboxylic acid groups (broad SMARTS) is 1. The van der Waals surface area contributed by atoms with Crippen LogP contribution in [0.1, 0.15) is 33.1 Å². The van der Waals surface area contributed by atoms with Crippen LogP contribution in [0.15, 0.2) is 0 Å². The lowest BCUT2D eigenvalue weighted by atomic mass is 10.0. The van der Waals surface area contributed by atoms with Crippen LogP contribution in [0.5, 0.6) is 0 Å². The van der Waals surface area contributed by atoms with E-state index in [0.29, 0.717) is 12.2 Å². The Bertz CT molecular complexity index is 487. The average molecular weight is 376 g/mol. The quantitative estimate of drug-likeness (QED) is 0.293. The van der Waals surface area contributed by atoms with Crippen LogP contribution < -0.4 is 22.1 Å². The van der Waals surface area contributed by atoms with E-state index in [1.807, 2.05) is 20.1 Å². The molecule has 10 heteroatoms. The largest absolute Gasteiger partial charge is 0.480 e. The summed E-state index contributed by atoms with van der Waals surface area (Å²) in [6.45, 7) is 3.72. The van der Waals surface area contributed by atoms with Gasteiger partial charge in [0.2, 0.25) is 17.7 Å². The maximum Gasteiger partial charge on any atom is 0.326 e. The number of hydrogen-bond acceptors (Lipinski definition) is 6. The molecule has 0 aliphatic rings. The minimum Gasteiger partial charge on any atom is -0.480 e. The third kappa shape index (κ3) is 9.92. The van der Waals surface area contributed by atoms with Crippen LogP contribution in [0, 0.1) is 5.92 Å². The highest BCUT2D eigenvalue weighted by molar-refractivity contribution is 7.98. The number of amides is 3. The number of carboxylic acids is 1. The summed E-state index contributed by atoms with van der Waals surface area (Å²) in [5, 5.41) is 14.1. The third-order valence-electron chi connectivity index (χ3n) is 3.32. The van der Waals surface area contributed by atoms with Gasteiger partial charge in [-0.25, -0.2) is 4.79 Å². The van der Waals surface area contributed by atoms with Crippen molar-refractivity contribution in [2.75, 3.05) is 12.0 Å². The summed E-state index contributed by atoms with van der Waals surface area (Å²) in [5.41, 5.74) is 10.6. The first kappa shape index (κ1) is 23.2. The van der Waals surface area contributed by atoms with Crippen molar-refractivity contribution >= 4 is 35.5 Å². The molecule has 0 spiro atoms. The summed E-state index contributed by atoms with van der Waals surface area (Å²) in [6.07, 6.45) is 2.07. The lowest BCUT2D eigenvalue weighted by Gasteiger charge is -2.23. The molecule has 3 atom stereocenters. The summed E-state index contributed by atoms with van der Waals surface area (Å²) in [4.78, 5) is 46.5. The van der Waals surface area contributed by atoms with Crippen LogP contribution in [0.3, 0.4) is 0 Å². The molecular weight excluding hydrogens is 348 g/mol. The first-order valence-corrected chi connectivity index (χ1v) is 9.34. The van der Waals surface area contributed by atoms with Crippen molar-refractivity contribution in [3.63, 3.8) is 0 Å². The van der Waals surface area contributed by atoms with Crippen molar-refractivity contribution in [1.82, 2.24) is 10.6 Å². The molecule has 3 amide bonds. The molecule has 0 aliphatic carbocycles. The molecule has 9 nitrogen and oxygen atoms in total. The number of carbonyl (C=O) groups excluding carboxylic acids is 3. The zero-order valence-corrected chi connectivity index (χ0v) is 15.6. The van der Waals surface area contributed by atoms with Gasteiger partial charge in [-0.05, 0) is 30.8 Å². The van der Waals surface area contributed by atoms with Crippen LogP contribution in [-0.2, 0) is 19.2 Å². The predicted octanol–water partition coefficient (Wildman–Crippen LogP) is -0.957. The van der Waals surface area contributed by atoms with Crippen LogP contribution in [0.4, 0.5) is 0 Å². The van der Waals surface area contributed by atoms with Crippen molar-refractivity contribution in [2.45, 2.75) is 51.2 Å². The van der Waals surface area contributed by atoms with Gasteiger partial charge < -0.3 is 27.2 Å². The molecule has 0 heterocycles. The minimum absolute atomic E-state index is 0.0675. The number of rotatable bonds is 12. The first-order chi connectivity index (χ1) is 11.6. The zero-order chi connectivity index (χ0) is 19.6. The van der Waals surface area contributed by atoms with Crippen LogP contribution in [0.2, 0.25) is 0 Å². The average Bonchev–Trinajstić information content (AvgIpc) is 2.48. The van der Waals surface area contributed by atoms with Crippen LogP contribution in [0.25, 0.3) is 0 Å². The molecule has 0 unspecified atom stereocenters. The molecule has 0 saturated heterocycles. The van der Waals surface area contributed by atoms with Crippen LogP contribution >= 0.6 is 11.8 Å². The Morgan fingerprint density at radius 1 is 1.08 bits per heavy atom. The van der Waals surface area contributed by atoms with E-state index >= 15 is 0 Å². The topological polar surface area (TPSA) is 165 Å². The van der Waals surface area contributed by atoms with E-state index in [1.165, 1.54) is 11.8 Å². The third-order valence-corrected chi connectivity index (χ3v) is 3.97. The van der Waals surface area contributed by atoms with E-state index in [0.717, 1.165) is 0 Å². The van der Waals surface area contributed by atoms with Crippen LogP contribution in [-0.4, -0.2) is 58.9 Å². The molecule has 144 valence electrons. The van der Waals surface area contributed by atoms with Gasteiger partial charge in [0, 0.05) is 0 Å². The zero-order valence-electron chi connectivity index (χ0n) is 14.8. The number of aliphatic carboxylic acids is 1. The lowest BCUT2D eigenvalue weighted by Crippen LogP contribution is -2.55. The Morgan fingerprint density at radius 3 is 2.08 bits per heavy atom. The Kier molecular flexibility index (Phi) is 10.8. The first-order valence-electron chi connectivity index (χ1n) is 7.94. The lowest BCUT2D eigenvalue weighted by molar-refractivity contribution is -0.142. The highest BCUT2D eigenvalue weighted by Crippen LogP contribution is 2.08. The molecule has 0 saturated carbocycles. The normalized spacial score (nSPS) is 14.4. The molecule has 0 aromatic rings. The predicted molar refractivity (Wildman–Crippen MR) is 95.7 cm³/mol. The van der Waals surface area contributed by atoms with Gasteiger partial charge in [0.25, 0.3) is 0 Å². The van der Waals surface area contributed by atoms with Crippen molar-refractivity contribution in [3.8, 4) is 0 Å². The molecule has 0 fully saturated rings. The van der Waals surface area contributed by atoms with Crippen molar-refractivity contribution in [3.05, 3.63) is 0 Å². The molecule has 0 aromatic heterocycles. The van der Waals surface area contributed by atoms with Crippen molar-refractivity contribution < 1.29 is 24.3 Å². The fraction of sp³-hybridized carbons (Fsp3) is 0.733. The molecule has 0 radical (unpaired) electrons. The van der Waals surface area contributed by atoms with E-state index < -0.39 is 41.8 Å². The van der Waals surface area contributed by atoms with E-state index in [-0.39, 0.29) is 18.8 Å². The number of primary amides is 1. The van der Waals surface area contributed by atoms with E-state index in [4.69, 9.17) is 11.5 Å². The maximum atomic E-state index is 12.4. The van der Waals surface area contributed by atoms with Gasteiger partial charge >= 0.3 is 5.97 Å². The standard InChI is InChI=1S/C15H28N4O5S/c1-8(2)6-11(19-13(21)9(16)7-12(17)20)14(22)18-10(15(23)24)4-5-25-3/h8-11H,4-7,16H2,1-3H3,(H2,17,20)(H,18,22)(H,19,21)(H,23,24)/t9-,10-,11-/m0/s1. The highest BCUT2D eigenvalue weighted by Gasteiger charge is 2.28. The van der Waals surface area contributed by atoms with E-state index in [9.17, 15) is 24.3 Å². The fourth-order valence-corrected chi connectivity index (χ4v) is 2.53. The smallest absolute Gasteiger partial charge is 0.326 e. The summed E-state index contributed by atoms with van der Waals surface area (Å²) in [6, 6.07) is -3.14. The van der Waals surface area contributed by atoms with Gasteiger partial charge in [0.1, 0.15) is 12.1 Å². The second-order valence-corrected chi connectivity index (χ2v) is 7.13. The summed E-state index contributed by atoms with van der Waals surface area (Å²) >= 11 is 1.47. The number of carbonyl (C=O) groups is 4. The van der Waals surface area contributed by atoms with Gasteiger partial charge in [-0.3, -0.25) is 14.4 Å². The van der Waals surface area contributed by atoms with Gasteiger partial charge in [-0.15, -0.1) is 0 Å². The second kappa shape index (κ2) is 11.7. The van der Waals surface area contributed by atoms with Crippen molar-refractivity contribution in [1.29, 1.82) is 0 Å². The molecule has 25 heavy (non-hydrogen) atoms. The number of nitrogens with two attached hydrogens (primary N) is 2. The van der Waals surface area contributed by atoms with Gasteiger partial charge in [-0.2, -0.15) is 11.8 Å². The van der Waals surface area contributed by atoms with E-state index in [2.05, 4.69) is 10.6 Å². The summed E-state index contributed by atoms with van der Waals surface area (Å²) in [7, 11) is 0. The van der Waals surface area contributed by atoms with Gasteiger partial charge in [0.05, 0.1) is 12.5 Å². The molecule has 0 aliphatic heterocycles. The Hall–Kier alpha value is -1.81. The Balaban J connectivity index is 4.98. The summed E-state index contributed by atoms with van der Waals surface area (Å²) < 4.78 is 0. The molecule has 0 aromatic carbocycles. The SMILES string of the molecule is CSCC[C@H](NC(=O)[C@H](CC(C)C)NC(=O)[C@@H](N)CC(N)=O)C(=O)O. The molecule has 7 N–H and O–H groups in total. The second-order valence-electron chi connectivity index (χ2n) is 6.15. The Labute approximate surface area is 151 Å². The van der Waals surface area contributed by atoms with Gasteiger partial charge in [0.15, 0.2) is 0 Å². The highest BCUT2D eigenvalue weighted by atomic mass is 32.2. The fourth-order valence-electron chi connectivity index (χ4n) is 2.06.